The maximum Gasteiger partial charge on any atom is 0.422 e. The third-order valence-corrected chi connectivity index (χ3v) is 2.92. The van der Waals surface area contributed by atoms with Crippen LogP contribution in [-0.4, -0.2) is 23.7 Å². The average molecular weight is 342 g/mol. The number of hydrogen-bond acceptors (Lipinski definition) is 3. The van der Waals surface area contributed by atoms with Crippen molar-refractivity contribution < 1.29 is 27.1 Å². The summed E-state index contributed by atoms with van der Waals surface area (Å²) in [7, 11) is 0. The molecule has 8 heteroatoms. The smallest absolute Gasteiger partial charge is 0.422 e. The van der Waals surface area contributed by atoms with Crippen LogP contribution in [0, 0.1) is 5.82 Å². The highest BCUT2D eigenvalue weighted by Gasteiger charge is 2.28. The second-order valence-electron chi connectivity index (χ2n) is 5.02. The molecular weight excluding hydrogens is 328 g/mol. The standard InChI is InChI=1S/C16H14F4N2O2/c17-13-3-1-2-11(4-13)6-15(23)22-8-12-5-14(9-21-7-12)24-10-16(18,19)20/h1-5,7,9H,6,8,10H2,(H,22,23). The largest absolute Gasteiger partial charge is 0.482 e. The van der Waals surface area contributed by atoms with Crippen LogP contribution in [0.3, 0.4) is 0 Å². The summed E-state index contributed by atoms with van der Waals surface area (Å²) in [6.45, 7) is -1.34. The number of carbonyl (C=O) groups is 1. The number of rotatable bonds is 6. The Balaban J connectivity index is 1.86. The van der Waals surface area contributed by atoms with Crippen molar-refractivity contribution in [3.8, 4) is 5.75 Å². The van der Waals surface area contributed by atoms with Crippen LogP contribution in [0.1, 0.15) is 11.1 Å². The van der Waals surface area contributed by atoms with Gasteiger partial charge in [-0.05, 0) is 29.3 Å². The van der Waals surface area contributed by atoms with Crippen molar-refractivity contribution in [1.29, 1.82) is 0 Å². The van der Waals surface area contributed by atoms with E-state index in [9.17, 15) is 22.4 Å². The molecule has 0 spiro atoms. The van der Waals surface area contributed by atoms with Gasteiger partial charge in [0.1, 0.15) is 11.6 Å². The lowest BCUT2D eigenvalue weighted by Crippen LogP contribution is -2.24. The van der Waals surface area contributed by atoms with Gasteiger partial charge in [0.05, 0.1) is 12.6 Å². The van der Waals surface area contributed by atoms with E-state index in [1.807, 2.05) is 0 Å². The molecule has 0 fully saturated rings. The summed E-state index contributed by atoms with van der Waals surface area (Å²) in [6.07, 6.45) is -1.88. The number of nitrogens with zero attached hydrogens (tertiary/aromatic N) is 1. The Morgan fingerprint density at radius 3 is 2.67 bits per heavy atom. The van der Waals surface area contributed by atoms with Gasteiger partial charge in [0, 0.05) is 12.7 Å². The van der Waals surface area contributed by atoms with Crippen LogP contribution < -0.4 is 10.1 Å². The molecule has 0 atom stereocenters. The van der Waals surface area contributed by atoms with E-state index < -0.39 is 18.6 Å². The van der Waals surface area contributed by atoms with Gasteiger partial charge in [0.2, 0.25) is 5.91 Å². The minimum atomic E-state index is -4.44. The van der Waals surface area contributed by atoms with Crippen molar-refractivity contribution in [2.24, 2.45) is 0 Å². The van der Waals surface area contributed by atoms with Crippen LogP contribution in [0.25, 0.3) is 0 Å². The third kappa shape index (κ3) is 6.23. The van der Waals surface area contributed by atoms with Gasteiger partial charge in [-0.1, -0.05) is 12.1 Å². The van der Waals surface area contributed by atoms with E-state index in [0.29, 0.717) is 11.1 Å². The summed E-state index contributed by atoms with van der Waals surface area (Å²) in [5.41, 5.74) is 1.01. The van der Waals surface area contributed by atoms with Gasteiger partial charge in [0.25, 0.3) is 0 Å². The quantitative estimate of drug-likeness (QED) is 0.821. The second kappa shape index (κ2) is 7.76. The number of aromatic nitrogens is 1. The molecule has 2 rings (SSSR count). The zero-order valence-electron chi connectivity index (χ0n) is 12.4. The minimum absolute atomic E-state index is 0.00451. The molecule has 0 aliphatic heterocycles. The summed E-state index contributed by atoms with van der Waals surface area (Å²) in [6, 6.07) is 7.02. The first-order valence-electron chi connectivity index (χ1n) is 6.96. The van der Waals surface area contributed by atoms with Crippen molar-refractivity contribution in [2.75, 3.05) is 6.61 Å². The molecule has 1 amide bonds. The predicted octanol–water partition coefficient (Wildman–Crippen LogP) is 3.02. The van der Waals surface area contributed by atoms with Crippen LogP contribution in [-0.2, 0) is 17.8 Å². The Hall–Kier alpha value is -2.64. The van der Waals surface area contributed by atoms with E-state index in [1.165, 1.54) is 30.5 Å². The van der Waals surface area contributed by atoms with E-state index in [-0.39, 0.29) is 24.6 Å². The number of nitrogens with one attached hydrogen (secondary N) is 1. The van der Waals surface area contributed by atoms with Gasteiger partial charge in [-0.2, -0.15) is 13.2 Å². The molecule has 0 radical (unpaired) electrons. The van der Waals surface area contributed by atoms with Crippen molar-refractivity contribution >= 4 is 5.91 Å². The highest BCUT2D eigenvalue weighted by atomic mass is 19.4. The SMILES string of the molecule is O=C(Cc1cccc(F)c1)NCc1cncc(OCC(F)(F)F)c1. The lowest BCUT2D eigenvalue weighted by molar-refractivity contribution is -0.153. The molecule has 1 N–H and O–H groups in total. The zero-order chi connectivity index (χ0) is 17.6. The summed E-state index contributed by atoms with van der Waals surface area (Å²) >= 11 is 0. The van der Waals surface area contributed by atoms with Gasteiger partial charge < -0.3 is 10.1 Å². The summed E-state index contributed by atoms with van der Waals surface area (Å²) < 4.78 is 53.9. The number of benzene rings is 1. The molecule has 0 saturated carbocycles. The molecule has 0 aliphatic carbocycles. The van der Waals surface area contributed by atoms with Gasteiger partial charge in [-0.15, -0.1) is 0 Å². The Kier molecular flexibility index (Phi) is 5.73. The third-order valence-electron chi connectivity index (χ3n) is 2.92. The Labute approximate surface area is 135 Å². The number of ether oxygens (including phenoxy) is 1. The Bertz CT molecular complexity index is 704. The number of alkyl halides is 3. The number of hydrogen-bond donors (Lipinski definition) is 1. The lowest BCUT2D eigenvalue weighted by atomic mass is 10.1. The van der Waals surface area contributed by atoms with Gasteiger partial charge in [-0.3, -0.25) is 9.78 Å². The predicted molar refractivity (Wildman–Crippen MR) is 77.7 cm³/mol. The van der Waals surface area contributed by atoms with Gasteiger partial charge >= 0.3 is 6.18 Å². The molecule has 0 aliphatic rings. The summed E-state index contributed by atoms with van der Waals surface area (Å²) in [5, 5.41) is 2.59. The molecule has 0 unspecified atom stereocenters. The van der Waals surface area contributed by atoms with Crippen molar-refractivity contribution in [2.45, 2.75) is 19.1 Å². The molecular formula is C16H14F4N2O2. The summed E-state index contributed by atoms with van der Waals surface area (Å²) in [5.74, 6) is -0.814. The first-order valence-corrected chi connectivity index (χ1v) is 6.96. The number of halogens is 4. The van der Waals surface area contributed by atoms with Crippen LogP contribution >= 0.6 is 0 Å². The topological polar surface area (TPSA) is 51.2 Å². The zero-order valence-corrected chi connectivity index (χ0v) is 12.4. The fraction of sp³-hybridized carbons (Fsp3) is 0.250. The molecule has 4 nitrogen and oxygen atoms in total. The Morgan fingerprint density at radius 1 is 1.17 bits per heavy atom. The molecule has 1 aromatic carbocycles. The van der Waals surface area contributed by atoms with E-state index in [2.05, 4.69) is 15.0 Å². The fourth-order valence-electron chi connectivity index (χ4n) is 1.90. The normalized spacial score (nSPS) is 11.2. The molecule has 1 aromatic heterocycles. The average Bonchev–Trinajstić information content (AvgIpc) is 2.51. The molecule has 128 valence electrons. The van der Waals surface area contributed by atoms with E-state index in [1.54, 1.807) is 6.07 Å². The lowest BCUT2D eigenvalue weighted by Gasteiger charge is -2.10. The van der Waals surface area contributed by atoms with Gasteiger partial charge in [-0.25, -0.2) is 4.39 Å². The second-order valence-corrected chi connectivity index (χ2v) is 5.02. The first-order chi connectivity index (χ1) is 11.3. The minimum Gasteiger partial charge on any atom is -0.482 e. The highest BCUT2D eigenvalue weighted by Crippen LogP contribution is 2.18. The molecule has 0 bridgehead atoms. The molecule has 0 saturated heterocycles. The maximum atomic E-state index is 13.0. The monoisotopic (exact) mass is 342 g/mol. The number of amides is 1. The molecule has 24 heavy (non-hydrogen) atoms. The first kappa shape index (κ1) is 17.7. The van der Waals surface area contributed by atoms with Crippen LogP contribution in [0.2, 0.25) is 0 Å². The van der Waals surface area contributed by atoms with Crippen molar-refractivity contribution in [1.82, 2.24) is 10.3 Å². The van der Waals surface area contributed by atoms with E-state index in [0.717, 1.165) is 6.20 Å². The summed E-state index contributed by atoms with van der Waals surface area (Å²) in [4.78, 5) is 15.6. The van der Waals surface area contributed by atoms with Crippen LogP contribution in [0.4, 0.5) is 17.6 Å². The molecule has 1 heterocycles. The number of carbonyl (C=O) groups excluding carboxylic acids is 1. The van der Waals surface area contributed by atoms with Crippen LogP contribution in [0.15, 0.2) is 42.7 Å². The molecule has 2 aromatic rings. The van der Waals surface area contributed by atoms with Gasteiger partial charge in [0.15, 0.2) is 6.61 Å². The van der Waals surface area contributed by atoms with Crippen LogP contribution in [0.5, 0.6) is 5.75 Å². The van der Waals surface area contributed by atoms with Crippen molar-refractivity contribution in [3.63, 3.8) is 0 Å². The maximum absolute atomic E-state index is 13.0. The van der Waals surface area contributed by atoms with E-state index in [4.69, 9.17) is 0 Å². The number of pyridine rings is 1. The highest BCUT2D eigenvalue weighted by molar-refractivity contribution is 5.78. The Morgan fingerprint density at radius 2 is 1.96 bits per heavy atom. The van der Waals surface area contributed by atoms with E-state index >= 15 is 0 Å². The fourth-order valence-corrected chi connectivity index (χ4v) is 1.90. The van der Waals surface area contributed by atoms with Crippen molar-refractivity contribution in [3.05, 3.63) is 59.7 Å².